The zero-order valence-electron chi connectivity index (χ0n) is 11.5. The fourth-order valence-electron chi connectivity index (χ4n) is 1.76. The van der Waals surface area contributed by atoms with Gasteiger partial charge in [-0.1, -0.05) is 26.0 Å². The van der Waals surface area contributed by atoms with E-state index in [2.05, 4.69) is 19.2 Å². The molecule has 1 aliphatic heterocycles. The molecular formula is C13H21N3O3. The second kappa shape index (κ2) is 7.20. The van der Waals surface area contributed by atoms with E-state index in [-0.39, 0.29) is 10.8 Å². The van der Waals surface area contributed by atoms with Crippen molar-refractivity contribution in [2.45, 2.75) is 26.8 Å². The van der Waals surface area contributed by atoms with Crippen molar-refractivity contribution in [2.24, 2.45) is 0 Å². The van der Waals surface area contributed by atoms with Crippen molar-refractivity contribution in [2.75, 3.05) is 18.2 Å². The zero-order chi connectivity index (χ0) is 14.4. The van der Waals surface area contributed by atoms with E-state index in [1.165, 1.54) is 13.0 Å². The monoisotopic (exact) mass is 267 g/mol. The molecule has 1 aromatic rings. The number of carbonyl (C=O) groups excluding carboxylic acids is 1. The molecule has 0 aromatic heterocycles. The molecule has 0 saturated carbocycles. The first-order valence-electron chi connectivity index (χ1n) is 6.41. The Hall–Kier alpha value is -1.47. The van der Waals surface area contributed by atoms with Crippen LogP contribution in [-0.4, -0.2) is 30.2 Å². The number of quaternary nitrogens is 1. The Labute approximate surface area is 113 Å². The molecule has 0 fully saturated rings. The molecule has 2 rings (SSSR count). The van der Waals surface area contributed by atoms with E-state index < -0.39 is 11.9 Å². The number of para-hydroxylation sites is 2. The predicted molar refractivity (Wildman–Crippen MR) is 73.4 cm³/mol. The van der Waals surface area contributed by atoms with Crippen LogP contribution in [0.4, 0.5) is 11.4 Å². The van der Waals surface area contributed by atoms with Gasteiger partial charge >= 0.3 is 5.91 Å². The lowest BCUT2D eigenvalue weighted by atomic mass is 10.1. The van der Waals surface area contributed by atoms with Gasteiger partial charge in [0.1, 0.15) is 5.69 Å². The van der Waals surface area contributed by atoms with Crippen LogP contribution in [0.15, 0.2) is 24.3 Å². The van der Waals surface area contributed by atoms with E-state index in [4.69, 9.17) is 0 Å². The fourth-order valence-corrected chi connectivity index (χ4v) is 1.76. The highest BCUT2D eigenvalue weighted by molar-refractivity contribution is 5.97. The lowest BCUT2D eigenvalue weighted by molar-refractivity contribution is -0.794. The number of hydrogen-bond acceptors (Lipinski definition) is 4. The number of rotatable bonds is 2. The molecule has 0 bridgehead atoms. The number of amides is 1. The van der Waals surface area contributed by atoms with Crippen molar-refractivity contribution in [3.05, 3.63) is 29.5 Å². The second-order valence-electron chi connectivity index (χ2n) is 4.21. The van der Waals surface area contributed by atoms with E-state index in [1.807, 2.05) is 0 Å². The summed E-state index contributed by atoms with van der Waals surface area (Å²) < 4.78 is 0. The molecule has 2 atom stereocenters. The van der Waals surface area contributed by atoms with Gasteiger partial charge in [0.25, 0.3) is 0 Å². The molecule has 0 aliphatic carbocycles. The van der Waals surface area contributed by atoms with Crippen molar-refractivity contribution < 1.29 is 15.1 Å². The lowest BCUT2D eigenvalue weighted by Crippen LogP contribution is -3.09. The molecule has 0 spiro atoms. The van der Waals surface area contributed by atoms with Gasteiger partial charge in [0.05, 0.1) is 0 Å². The summed E-state index contributed by atoms with van der Waals surface area (Å²) in [7, 11) is 0. The molecule has 3 N–H and O–H groups in total. The summed E-state index contributed by atoms with van der Waals surface area (Å²) in [5.41, 5.74) is 0.655. The maximum atomic E-state index is 11.6. The van der Waals surface area contributed by atoms with Crippen LogP contribution in [0.2, 0.25) is 0 Å². The first-order chi connectivity index (χ1) is 9.04. The standard InChI is InChI=1S/C9H10N2O3.C4H11N/c1-6-9(12)11(14)8-5-3-2-4-7(8)10(6)13;1-3-5-4-2/h2-6,10,14H,1H3;5H,3-4H2,1-2H3. The van der Waals surface area contributed by atoms with Crippen LogP contribution in [0, 0.1) is 5.21 Å². The summed E-state index contributed by atoms with van der Waals surface area (Å²) in [4.78, 5) is 11.4. The van der Waals surface area contributed by atoms with Crippen molar-refractivity contribution in [3.8, 4) is 0 Å². The molecule has 1 aromatic carbocycles. The van der Waals surface area contributed by atoms with Gasteiger partial charge < -0.3 is 15.6 Å². The first-order valence-corrected chi connectivity index (χ1v) is 6.41. The van der Waals surface area contributed by atoms with Crippen molar-refractivity contribution in [1.82, 2.24) is 5.32 Å². The Morgan fingerprint density at radius 1 is 1.37 bits per heavy atom. The highest BCUT2D eigenvalue weighted by Gasteiger charge is 2.35. The Morgan fingerprint density at radius 3 is 2.47 bits per heavy atom. The minimum Gasteiger partial charge on any atom is -0.628 e. The van der Waals surface area contributed by atoms with E-state index >= 15 is 0 Å². The van der Waals surface area contributed by atoms with Gasteiger partial charge in [0.2, 0.25) is 0 Å². The Balaban J connectivity index is 0.000000312. The van der Waals surface area contributed by atoms with Gasteiger partial charge in [0, 0.05) is 6.07 Å². The SMILES string of the molecule is CC1C(=O)N(O)c2ccccc2[NH+]1[O-].CCNCC. The Bertz CT molecular complexity index is 423. The molecule has 19 heavy (non-hydrogen) atoms. The van der Waals surface area contributed by atoms with Gasteiger partial charge in [0.15, 0.2) is 11.7 Å². The number of fused-ring (bicyclic) bond motifs is 1. The molecule has 6 nitrogen and oxygen atoms in total. The number of nitrogens with one attached hydrogen (secondary N) is 2. The number of benzene rings is 1. The number of carbonyl (C=O) groups is 1. The zero-order valence-corrected chi connectivity index (χ0v) is 11.5. The summed E-state index contributed by atoms with van der Waals surface area (Å²) >= 11 is 0. The second-order valence-corrected chi connectivity index (χ2v) is 4.21. The van der Waals surface area contributed by atoms with Crippen molar-refractivity contribution in [1.29, 1.82) is 0 Å². The van der Waals surface area contributed by atoms with Crippen LogP contribution in [0.3, 0.4) is 0 Å². The normalized spacial score (nSPS) is 21.5. The number of hydroxylamine groups is 2. The predicted octanol–water partition coefficient (Wildman–Crippen LogP) is 0.441. The van der Waals surface area contributed by atoms with Crippen molar-refractivity contribution >= 4 is 17.3 Å². The maximum absolute atomic E-state index is 11.6. The molecule has 2 unspecified atom stereocenters. The highest BCUT2D eigenvalue weighted by Crippen LogP contribution is 2.24. The minimum atomic E-state index is -0.796. The van der Waals surface area contributed by atoms with Crippen LogP contribution in [-0.2, 0) is 4.79 Å². The van der Waals surface area contributed by atoms with E-state index in [9.17, 15) is 15.2 Å². The molecule has 0 radical (unpaired) electrons. The maximum Gasteiger partial charge on any atom is 0.309 e. The van der Waals surface area contributed by atoms with Crippen molar-refractivity contribution in [3.63, 3.8) is 0 Å². The lowest BCUT2D eigenvalue weighted by Gasteiger charge is -2.36. The topological polar surface area (TPSA) is 80.1 Å². The smallest absolute Gasteiger partial charge is 0.309 e. The minimum absolute atomic E-state index is 0.240. The molecule has 0 saturated heterocycles. The summed E-state index contributed by atoms with van der Waals surface area (Å²) in [6, 6.07) is 5.71. The molecular weight excluding hydrogens is 246 g/mol. The third-order valence-corrected chi connectivity index (χ3v) is 2.87. The van der Waals surface area contributed by atoms with Crippen LogP contribution in [0.1, 0.15) is 20.8 Å². The van der Waals surface area contributed by atoms with Gasteiger partial charge in [-0.15, -0.1) is 0 Å². The largest absolute Gasteiger partial charge is 0.628 e. The molecule has 106 valence electrons. The van der Waals surface area contributed by atoms with E-state index in [0.717, 1.165) is 13.1 Å². The summed E-state index contributed by atoms with van der Waals surface area (Å²) in [6.07, 6.45) is 0. The fraction of sp³-hybridized carbons (Fsp3) is 0.462. The summed E-state index contributed by atoms with van der Waals surface area (Å²) in [5.74, 6) is -0.575. The van der Waals surface area contributed by atoms with Crippen LogP contribution in [0.5, 0.6) is 0 Å². The average molecular weight is 267 g/mol. The molecule has 1 heterocycles. The van der Waals surface area contributed by atoms with Crippen LogP contribution < -0.4 is 15.4 Å². The quantitative estimate of drug-likeness (QED) is 0.536. The van der Waals surface area contributed by atoms with E-state index in [0.29, 0.717) is 10.8 Å². The average Bonchev–Trinajstić information content (AvgIpc) is 2.44. The van der Waals surface area contributed by atoms with Crippen LogP contribution in [0.25, 0.3) is 0 Å². The number of nitrogens with zero attached hydrogens (tertiary/aromatic N) is 1. The van der Waals surface area contributed by atoms with Crippen LogP contribution >= 0.6 is 0 Å². The highest BCUT2D eigenvalue weighted by atomic mass is 16.5. The summed E-state index contributed by atoms with van der Waals surface area (Å²) in [6.45, 7) is 7.88. The van der Waals surface area contributed by atoms with Gasteiger partial charge in [-0.2, -0.15) is 5.06 Å². The molecule has 6 heteroatoms. The third-order valence-electron chi connectivity index (χ3n) is 2.87. The Morgan fingerprint density at radius 2 is 1.95 bits per heavy atom. The van der Waals surface area contributed by atoms with Gasteiger partial charge in [-0.05, 0) is 26.1 Å². The number of hydrogen-bond donors (Lipinski definition) is 3. The first kappa shape index (κ1) is 15.6. The summed E-state index contributed by atoms with van der Waals surface area (Å²) in [5, 5.41) is 24.5. The van der Waals surface area contributed by atoms with Gasteiger partial charge in [-0.25, -0.2) is 0 Å². The van der Waals surface area contributed by atoms with E-state index in [1.54, 1.807) is 18.2 Å². The number of anilines is 1. The van der Waals surface area contributed by atoms with Gasteiger partial charge in [-0.3, -0.25) is 10.0 Å². The third kappa shape index (κ3) is 3.51. The Kier molecular flexibility index (Phi) is 5.91. The molecule has 1 aliphatic rings. The molecule has 1 amide bonds.